The fourth-order valence-corrected chi connectivity index (χ4v) is 4.13. The molecule has 1 amide bonds. The SMILES string of the molecule is C=CCN=c1scc(-c2ccc3c(c2)NC(=O)CO3)n1N=Cc1ccc(Cl)cc1Cl. The van der Waals surface area contributed by atoms with Crippen molar-refractivity contribution in [3.63, 3.8) is 0 Å². The summed E-state index contributed by atoms with van der Waals surface area (Å²) in [7, 11) is 0. The second kappa shape index (κ2) is 8.87. The predicted molar refractivity (Wildman–Crippen MR) is 122 cm³/mol. The highest BCUT2D eigenvalue weighted by Crippen LogP contribution is 2.33. The number of halogens is 2. The molecule has 6 nitrogen and oxygen atoms in total. The Morgan fingerprint density at radius 1 is 1.27 bits per heavy atom. The van der Waals surface area contributed by atoms with E-state index in [1.54, 1.807) is 35.2 Å². The number of nitrogens with one attached hydrogen (secondary N) is 1. The number of carbonyl (C=O) groups excluding carboxylic acids is 1. The van der Waals surface area contributed by atoms with Gasteiger partial charge in [0.2, 0.25) is 4.80 Å². The quantitative estimate of drug-likeness (QED) is 0.439. The zero-order valence-electron chi connectivity index (χ0n) is 15.6. The molecule has 152 valence electrons. The van der Waals surface area contributed by atoms with Gasteiger partial charge < -0.3 is 10.1 Å². The molecular formula is C21H16Cl2N4O2S. The first-order valence-corrected chi connectivity index (χ1v) is 10.6. The van der Waals surface area contributed by atoms with Gasteiger partial charge in [0.15, 0.2) is 6.61 Å². The number of carbonyl (C=O) groups is 1. The molecule has 1 aliphatic heterocycles. The number of anilines is 1. The lowest BCUT2D eigenvalue weighted by atomic mass is 10.1. The van der Waals surface area contributed by atoms with E-state index in [1.165, 1.54) is 11.3 Å². The van der Waals surface area contributed by atoms with Crippen molar-refractivity contribution in [3.05, 3.63) is 74.8 Å². The largest absolute Gasteiger partial charge is 0.482 e. The molecule has 0 radical (unpaired) electrons. The standard InChI is InChI=1S/C21H16Cl2N4O2S/c1-2-7-24-21-27(25-10-14-3-5-15(22)9-16(14)23)18(12-30-21)13-4-6-19-17(8-13)26-20(28)11-29-19/h2-6,8-10,12H,1,7,11H2,(H,26,28). The average molecular weight is 459 g/mol. The number of amides is 1. The second-order valence-electron chi connectivity index (χ2n) is 6.30. The summed E-state index contributed by atoms with van der Waals surface area (Å²) in [6, 6.07) is 10.8. The van der Waals surface area contributed by atoms with Crippen molar-refractivity contribution in [2.75, 3.05) is 18.5 Å². The topological polar surface area (TPSA) is 68.0 Å². The van der Waals surface area contributed by atoms with Gasteiger partial charge in [0.1, 0.15) is 5.75 Å². The highest BCUT2D eigenvalue weighted by atomic mass is 35.5. The number of hydrogen-bond donors (Lipinski definition) is 1. The molecule has 1 aliphatic rings. The van der Waals surface area contributed by atoms with Crippen LogP contribution in [0.5, 0.6) is 5.75 Å². The fourth-order valence-electron chi connectivity index (χ4n) is 2.83. The Balaban J connectivity index is 1.79. The van der Waals surface area contributed by atoms with E-state index in [2.05, 4.69) is 22.0 Å². The monoisotopic (exact) mass is 458 g/mol. The number of benzene rings is 2. The molecule has 2 aromatic carbocycles. The first-order chi connectivity index (χ1) is 14.5. The molecule has 3 aromatic rings. The van der Waals surface area contributed by atoms with E-state index in [1.807, 2.05) is 23.6 Å². The number of aromatic nitrogens is 1. The van der Waals surface area contributed by atoms with Gasteiger partial charge in [0.05, 0.1) is 29.2 Å². The zero-order chi connectivity index (χ0) is 21.1. The third-order valence-corrected chi connectivity index (χ3v) is 5.64. The Labute approximate surface area is 186 Å². The van der Waals surface area contributed by atoms with Crippen molar-refractivity contribution in [1.29, 1.82) is 0 Å². The molecule has 0 saturated carbocycles. The van der Waals surface area contributed by atoms with Gasteiger partial charge >= 0.3 is 0 Å². The highest BCUT2D eigenvalue weighted by molar-refractivity contribution is 7.07. The highest BCUT2D eigenvalue weighted by Gasteiger charge is 2.17. The molecule has 0 fully saturated rings. The number of ether oxygens (including phenoxy) is 1. The van der Waals surface area contributed by atoms with Crippen LogP contribution in [0.25, 0.3) is 11.3 Å². The molecule has 0 saturated heterocycles. The van der Waals surface area contributed by atoms with Gasteiger partial charge in [-0.05, 0) is 30.3 Å². The number of nitrogens with zero attached hydrogens (tertiary/aromatic N) is 3. The molecule has 0 spiro atoms. The van der Waals surface area contributed by atoms with Crippen LogP contribution in [0.4, 0.5) is 5.69 Å². The zero-order valence-corrected chi connectivity index (χ0v) is 18.0. The van der Waals surface area contributed by atoms with Gasteiger partial charge in [-0.1, -0.05) is 35.3 Å². The van der Waals surface area contributed by atoms with Crippen LogP contribution in [-0.2, 0) is 4.79 Å². The van der Waals surface area contributed by atoms with Gasteiger partial charge in [-0.3, -0.25) is 9.79 Å². The molecule has 30 heavy (non-hydrogen) atoms. The van der Waals surface area contributed by atoms with E-state index in [-0.39, 0.29) is 12.5 Å². The van der Waals surface area contributed by atoms with Crippen LogP contribution < -0.4 is 14.9 Å². The van der Waals surface area contributed by atoms with E-state index < -0.39 is 0 Å². The Hall–Kier alpha value is -2.87. The van der Waals surface area contributed by atoms with Crippen molar-refractivity contribution < 1.29 is 9.53 Å². The van der Waals surface area contributed by atoms with Crippen molar-refractivity contribution in [3.8, 4) is 17.0 Å². The smallest absolute Gasteiger partial charge is 0.262 e. The fraction of sp³-hybridized carbons (Fsp3) is 0.0952. The summed E-state index contributed by atoms with van der Waals surface area (Å²) in [4.78, 5) is 16.9. The van der Waals surface area contributed by atoms with Crippen molar-refractivity contribution >= 4 is 52.3 Å². The van der Waals surface area contributed by atoms with E-state index >= 15 is 0 Å². The minimum Gasteiger partial charge on any atom is -0.482 e. The number of hydrogen-bond acceptors (Lipinski definition) is 5. The Kier molecular flexibility index (Phi) is 6.03. The first kappa shape index (κ1) is 20.4. The molecule has 0 aliphatic carbocycles. The lowest BCUT2D eigenvalue weighted by molar-refractivity contribution is -0.118. The molecular weight excluding hydrogens is 443 g/mol. The van der Waals surface area contributed by atoms with E-state index in [4.69, 9.17) is 27.9 Å². The Morgan fingerprint density at radius 2 is 2.13 bits per heavy atom. The predicted octanol–water partition coefficient (Wildman–Crippen LogP) is 4.82. The van der Waals surface area contributed by atoms with Crippen molar-refractivity contribution in [2.45, 2.75) is 0 Å². The Morgan fingerprint density at radius 3 is 2.93 bits per heavy atom. The molecule has 0 unspecified atom stereocenters. The van der Waals surface area contributed by atoms with Gasteiger partial charge in [0, 0.05) is 21.5 Å². The van der Waals surface area contributed by atoms with Crippen LogP contribution in [0.3, 0.4) is 0 Å². The maximum atomic E-state index is 11.7. The molecule has 0 atom stereocenters. The van der Waals surface area contributed by atoms with Crippen molar-refractivity contribution in [1.82, 2.24) is 4.68 Å². The minimum absolute atomic E-state index is 0.0154. The van der Waals surface area contributed by atoms with E-state index in [9.17, 15) is 4.79 Å². The lowest BCUT2D eigenvalue weighted by Gasteiger charge is -2.18. The van der Waals surface area contributed by atoms with E-state index in [0.717, 1.165) is 16.8 Å². The van der Waals surface area contributed by atoms with Crippen LogP contribution >= 0.6 is 34.5 Å². The van der Waals surface area contributed by atoms with Gasteiger partial charge in [-0.15, -0.1) is 17.9 Å². The summed E-state index contributed by atoms with van der Waals surface area (Å²) in [6.45, 7) is 4.20. The maximum absolute atomic E-state index is 11.7. The first-order valence-electron chi connectivity index (χ1n) is 8.93. The molecule has 9 heteroatoms. The summed E-state index contributed by atoms with van der Waals surface area (Å²) < 4.78 is 7.17. The van der Waals surface area contributed by atoms with Crippen LogP contribution in [0.1, 0.15) is 5.56 Å². The van der Waals surface area contributed by atoms with E-state index in [0.29, 0.717) is 32.8 Å². The average Bonchev–Trinajstić information content (AvgIpc) is 3.13. The summed E-state index contributed by atoms with van der Waals surface area (Å²) in [5.41, 5.74) is 3.02. The van der Waals surface area contributed by atoms with Crippen LogP contribution in [0, 0.1) is 0 Å². The second-order valence-corrected chi connectivity index (χ2v) is 7.98. The summed E-state index contributed by atoms with van der Waals surface area (Å²) in [5, 5.41) is 10.4. The normalized spacial score (nSPS) is 13.8. The third kappa shape index (κ3) is 4.33. The molecule has 1 N–H and O–H groups in total. The number of fused-ring (bicyclic) bond motifs is 1. The number of rotatable bonds is 5. The molecule has 4 rings (SSSR count). The van der Waals surface area contributed by atoms with Crippen LogP contribution in [0.2, 0.25) is 10.0 Å². The van der Waals surface area contributed by atoms with Crippen LogP contribution in [-0.4, -0.2) is 29.9 Å². The number of thiazole rings is 1. The molecule has 0 bridgehead atoms. The van der Waals surface area contributed by atoms with Gasteiger partial charge in [-0.2, -0.15) is 5.10 Å². The summed E-state index contributed by atoms with van der Waals surface area (Å²) in [6.07, 6.45) is 3.38. The summed E-state index contributed by atoms with van der Waals surface area (Å²) in [5.74, 6) is 0.447. The third-order valence-electron chi connectivity index (χ3n) is 4.22. The molecule has 1 aromatic heterocycles. The minimum atomic E-state index is -0.185. The van der Waals surface area contributed by atoms with Gasteiger partial charge in [-0.25, -0.2) is 4.68 Å². The Bertz CT molecular complexity index is 1230. The van der Waals surface area contributed by atoms with Crippen molar-refractivity contribution in [2.24, 2.45) is 10.1 Å². The summed E-state index contributed by atoms with van der Waals surface area (Å²) >= 11 is 13.7. The molecule has 2 heterocycles. The van der Waals surface area contributed by atoms with Gasteiger partial charge in [0.25, 0.3) is 5.91 Å². The van der Waals surface area contributed by atoms with Crippen LogP contribution in [0.15, 0.2) is 64.5 Å². The maximum Gasteiger partial charge on any atom is 0.262 e. The lowest BCUT2D eigenvalue weighted by Crippen LogP contribution is -2.25.